The fourth-order valence-electron chi connectivity index (χ4n) is 1.19. The smallest absolute Gasteiger partial charge is 0.264 e. The van der Waals surface area contributed by atoms with Crippen molar-refractivity contribution in [2.45, 2.75) is 4.90 Å². The Balaban J connectivity index is 2.33. The van der Waals surface area contributed by atoms with Gasteiger partial charge in [0.25, 0.3) is 15.6 Å². The summed E-state index contributed by atoms with van der Waals surface area (Å²) in [6.45, 7) is 0. The summed E-state index contributed by atoms with van der Waals surface area (Å²) in [4.78, 5) is 14.4. The summed E-state index contributed by atoms with van der Waals surface area (Å²) in [5.41, 5.74) is 4.98. The number of pyridine rings is 1. The minimum absolute atomic E-state index is 0.00461. The van der Waals surface area contributed by atoms with Gasteiger partial charge >= 0.3 is 0 Å². The van der Waals surface area contributed by atoms with Crippen molar-refractivity contribution in [2.24, 2.45) is 0 Å². The lowest BCUT2D eigenvalue weighted by molar-refractivity contribution is 0.601. The first kappa shape index (κ1) is 12.0. The monoisotopic (exact) mass is 267 g/mol. The molecule has 2 aromatic heterocycles. The Morgan fingerprint density at radius 1 is 1.28 bits per heavy atom. The van der Waals surface area contributed by atoms with Crippen molar-refractivity contribution in [3.8, 4) is 0 Å². The van der Waals surface area contributed by atoms with Crippen LogP contribution >= 0.6 is 0 Å². The number of aromatic nitrogens is 3. The molecule has 0 aromatic carbocycles. The van der Waals surface area contributed by atoms with E-state index in [1.807, 2.05) is 0 Å². The Labute approximate surface area is 102 Å². The third kappa shape index (κ3) is 2.63. The number of rotatable bonds is 3. The van der Waals surface area contributed by atoms with Crippen LogP contribution in [-0.2, 0) is 10.0 Å². The summed E-state index contributed by atoms with van der Waals surface area (Å²) in [6.07, 6.45) is 1.28. The summed E-state index contributed by atoms with van der Waals surface area (Å²) in [5.74, 6) is 0.0947. The molecule has 0 aliphatic heterocycles. The van der Waals surface area contributed by atoms with Gasteiger partial charge in [-0.15, -0.1) is 0 Å². The minimum atomic E-state index is -3.80. The molecule has 8 nitrogen and oxygen atoms in total. The van der Waals surface area contributed by atoms with Gasteiger partial charge in [-0.1, -0.05) is 0 Å². The van der Waals surface area contributed by atoms with Crippen LogP contribution in [0.3, 0.4) is 0 Å². The molecule has 0 bridgehead atoms. The van der Waals surface area contributed by atoms with Crippen LogP contribution in [-0.4, -0.2) is 23.6 Å². The number of hydrogen-bond acceptors (Lipinski definition) is 6. The minimum Gasteiger partial charge on any atom is -0.384 e. The Morgan fingerprint density at radius 3 is 2.67 bits per heavy atom. The number of H-pyrrole nitrogens is 1. The topological polar surface area (TPSA) is 131 Å². The van der Waals surface area contributed by atoms with E-state index >= 15 is 0 Å². The molecule has 2 heterocycles. The summed E-state index contributed by atoms with van der Waals surface area (Å²) in [5, 5.41) is 5.65. The molecular weight excluding hydrogens is 258 g/mol. The number of nitrogen functional groups attached to an aromatic ring is 1. The zero-order valence-corrected chi connectivity index (χ0v) is 9.81. The number of nitrogens with zero attached hydrogens (tertiary/aromatic N) is 2. The van der Waals surface area contributed by atoms with E-state index in [0.29, 0.717) is 0 Å². The normalized spacial score (nSPS) is 11.1. The van der Waals surface area contributed by atoms with Gasteiger partial charge in [0, 0.05) is 18.3 Å². The van der Waals surface area contributed by atoms with Gasteiger partial charge in [-0.25, -0.2) is 18.5 Å². The van der Waals surface area contributed by atoms with Gasteiger partial charge in [-0.05, 0) is 12.1 Å². The highest BCUT2D eigenvalue weighted by molar-refractivity contribution is 7.92. The summed E-state index contributed by atoms with van der Waals surface area (Å²) in [6, 6.07) is 4.92. The lowest BCUT2D eigenvalue weighted by atomic mass is 10.5. The van der Waals surface area contributed by atoms with E-state index in [2.05, 4.69) is 19.9 Å². The van der Waals surface area contributed by atoms with E-state index in [1.54, 1.807) is 0 Å². The fourth-order valence-corrected chi connectivity index (χ4v) is 2.22. The van der Waals surface area contributed by atoms with Gasteiger partial charge in [0.05, 0.1) is 4.90 Å². The van der Waals surface area contributed by atoms with Gasteiger partial charge in [0.15, 0.2) is 5.82 Å². The first-order chi connectivity index (χ1) is 8.47. The van der Waals surface area contributed by atoms with E-state index in [-0.39, 0.29) is 16.5 Å². The maximum absolute atomic E-state index is 11.9. The molecule has 0 saturated carbocycles. The quantitative estimate of drug-likeness (QED) is 0.690. The van der Waals surface area contributed by atoms with E-state index in [0.717, 1.165) is 6.07 Å². The molecular formula is C9H9N5O3S. The molecule has 0 aliphatic rings. The average Bonchev–Trinajstić information content (AvgIpc) is 2.32. The lowest BCUT2D eigenvalue weighted by Gasteiger charge is -2.06. The van der Waals surface area contributed by atoms with Crippen LogP contribution in [0.25, 0.3) is 0 Å². The Kier molecular flexibility index (Phi) is 2.98. The Morgan fingerprint density at radius 2 is 2.06 bits per heavy atom. The molecule has 0 aliphatic carbocycles. The third-order valence-electron chi connectivity index (χ3n) is 1.98. The van der Waals surface area contributed by atoms with Crippen LogP contribution in [0.1, 0.15) is 0 Å². The first-order valence-corrected chi connectivity index (χ1v) is 6.26. The van der Waals surface area contributed by atoms with E-state index < -0.39 is 15.6 Å². The van der Waals surface area contributed by atoms with Gasteiger partial charge in [0.2, 0.25) is 0 Å². The van der Waals surface area contributed by atoms with Crippen LogP contribution < -0.4 is 16.0 Å². The molecule has 0 saturated heterocycles. The highest BCUT2D eigenvalue weighted by Crippen LogP contribution is 2.13. The van der Waals surface area contributed by atoms with Crippen molar-refractivity contribution in [1.29, 1.82) is 0 Å². The molecule has 18 heavy (non-hydrogen) atoms. The van der Waals surface area contributed by atoms with Crippen molar-refractivity contribution in [3.05, 3.63) is 40.8 Å². The number of hydrogen-bond donors (Lipinski definition) is 3. The SMILES string of the molecule is Nc1cc(S(=O)(=O)Nc2ccc(=O)[nH]n2)ccn1. The highest BCUT2D eigenvalue weighted by atomic mass is 32.2. The summed E-state index contributed by atoms with van der Waals surface area (Å²) >= 11 is 0. The second-order valence-electron chi connectivity index (χ2n) is 3.33. The molecule has 9 heteroatoms. The zero-order chi connectivity index (χ0) is 13.2. The number of anilines is 2. The third-order valence-corrected chi connectivity index (χ3v) is 3.33. The standard InChI is InChI=1S/C9H9N5O3S/c10-7-5-6(3-4-11-7)18(16,17)14-8-1-2-9(15)13-12-8/h1-5H,(H2,10,11)(H,12,14)(H,13,15). The molecule has 4 N–H and O–H groups in total. The summed E-state index contributed by atoms with van der Waals surface area (Å²) in [7, 11) is -3.80. The van der Waals surface area contributed by atoms with Crippen LogP contribution in [0.5, 0.6) is 0 Å². The van der Waals surface area contributed by atoms with Crippen LogP contribution in [0.2, 0.25) is 0 Å². The average molecular weight is 267 g/mol. The van der Waals surface area contributed by atoms with Crippen molar-refractivity contribution in [2.75, 3.05) is 10.5 Å². The van der Waals surface area contributed by atoms with E-state index in [4.69, 9.17) is 5.73 Å². The molecule has 2 aromatic rings. The molecule has 0 amide bonds. The molecule has 0 fully saturated rings. The van der Waals surface area contributed by atoms with Gasteiger partial charge in [0.1, 0.15) is 5.82 Å². The van der Waals surface area contributed by atoms with Gasteiger partial charge < -0.3 is 5.73 Å². The van der Waals surface area contributed by atoms with Crippen LogP contribution in [0.4, 0.5) is 11.6 Å². The molecule has 0 atom stereocenters. The molecule has 2 rings (SSSR count). The highest BCUT2D eigenvalue weighted by Gasteiger charge is 2.15. The second kappa shape index (κ2) is 4.45. The predicted molar refractivity (Wildman–Crippen MR) is 64.3 cm³/mol. The van der Waals surface area contributed by atoms with Gasteiger partial charge in [-0.2, -0.15) is 5.10 Å². The van der Waals surface area contributed by atoms with E-state index in [9.17, 15) is 13.2 Å². The largest absolute Gasteiger partial charge is 0.384 e. The summed E-state index contributed by atoms with van der Waals surface area (Å²) < 4.78 is 26.0. The number of aromatic amines is 1. The van der Waals surface area contributed by atoms with Crippen LogP contribution in [0, 0.1) is 0 Å². The molecule has 94 valence electrons. The number of nitrogens with one attached hydrogen (secondary N) is 2. The first-order valence-electron chi connectivity index (χ1n) is 4.77. The Hall–Kier alpha value is -2.42. The van der Waals surface area contributed by atoms with Crippen LogP contribution in [0.15, 0.2) is 40.2 Å². The van der Waals surface area contributed by atoms with Crippen molar-refractivity contribution >= 4 is 21.7 Å². The Bertz CT molecular complexity index is 704. The number of sulfonamides is 1. The lowest BCUT2D eigenvalue weighted by Crippen LogP contribution is -2.16. The fraction of sp³-hybridized carbons (Fsp3) is 0. The van der Waals surface area contributed by atoms with Crippen molar-refractivity contribution in [3.63, 3.8) is 0 Å². The maximum Gasteiger partial charge on any atom is 0.264 e. The molecule has 0 unspecified atom stereocenters. The predicted octanol–water partition coefficient (Wildman–Crippen LogP) is -0.452. The second-order valence-corrected chi connectivity index (χ2v) is 5.01. The van der Waals surface area contributed by atoms with Crippen molar-refractivity contribution < 1.29 is 8.42 Å². The number of nitrogens with two attached hydrogens (primary N) is 1. The zero-order valence-electron chi connectivity index (χ0n) is 8.99. The molecule has 0 spiro atoms. The molecule has 0 radical (unpaired) electrons. The van der Waals surface area contributed by atoms with Gasteiger partial charge in [-0.3, -0.25) is 9.52 Å². The van der Waals surface area contributed by atoms with Crippen molar-refractivity contribution in [1.82, 2.24) is 15.2 Å². The van der Waals surface area contributed by atoms with E-state index in [1.165, 1.54) is 24.4 Å². The maximum atomic E-state index is 11.9.